The summed E-state index contributed by atoms with van der Waals surface area (Å²) in [6, 6.07) is 4.73. The second-order valence-electron chi connectivity index (χ2n) is 22.2. The van der Waals surface area contributed by atoms with Gasteiger partial charge >= 0.3 is 12.1 Å². The summed E-state index contributed by atoms with van der Waals surface area (Å²) >= 11 is 1.11. The number of carbonyl (C=O) groups excluding carboxylic acids is 9. The fourth-order valence-electron chi connectivity index (χ4n) is 9.99. The number of carboxylic acids is 1. The third-order valence-corrected chi connectivity index (χ3v) is 16.2. The number of ketones is 3. The van der Waals surface area contributed by atoms with Crippen LogP contribution >= 0.6 is 11.3 Å². The number of thiazole rings is 1. The van der Waals surface area contributed by atoms with Gasteiger partial charge in [0.15, 0.2) is 23.5 Å². The predicted octanol–water partition coefficient (Wildman–Crippen LogP) is 6.37. The van der Waals surface area contributed by atoms with Gasteiger partial charge in [-0.25, -0.2) is 9.78 Å². The van der Waals surface area contributed by atoms with E-state index in [2.05, 4.69) is 31.2 Å². The van der Waals surface area contributed by atoms with E-state index in [4.69, 9.17) is 10.5 Å². The highest BCUT2D eigenvalue weighted by atomic mass is 32.1. The van der Waals surface area contributed by atoms with Crippen molar-refractivity contribution in [3.05, 3.63) is 51.5 Å². The molecule has 2 heterocycles. The van der Waals surface area contributed by atoms with Crippen molar-refractivity contribution in [3.8, 4) is 0 Å². The largest absolute Gasteiger partial charge is 0.481 e. The molecular formula is C58H90N8O12S. The van der Waals surface area contributed by atoms with Gasteiger partial charge < -0.3 is 41.7 Å². The number of Topliss-reactive ketones (excluding diaryl/α,β-unsaturated/α-hetero) is 3. The van der Waals surface area contributed by atoms with Crippen LogP contribution in [0.15, 0.2) is 29.6 Å². The van der Waals surface area contributed by atoms with Crippen molar-refractivity contribution in [2.24, 2.45) is 41.2 Å². The first-order valence-corrected chi connectivity index (χ1v) is 29.0. The molecule has 0 saturated carbocycles. The van der Waals surface area contributed by atoms with Gasteiger partial charge in [-0.3, -0.25) is 48.1 Å². The molecule has 2 aromatic rings. The molecule has 1 fully saturated rings. The van der Waals surface area contributed by atoms with Gasteiger partial charge in [-0.2, -0.15) is 0 Å². The van der Waals surface area contributed by atoms with Crippen molar-refractivity contribution in [1.82, 2.24) is 36.1 Å². The maximum Gasteiger partial charge on any atom is 0.407 e. The lowest BCUT2D eigenvalue weighted by Gasteiger charge is -2.37. The Morgan fingerprint density at radius 2 is 1.56 bits per heavy atom. The van der Waals surface area contributed by atoms with Crippen molar-refractivity contribution in [2.45, 2.75) is 182 Å². The summed E-state index contributed by atoms with van der Waals surface area (Å²) in [5.41, 5.74) is 6.71. The zero-order chi connectivity index (χ0) is 59.1. The molecule has 1 aliphatic rings. The molecule has 21 heteroatoms. The number of piperidine rings is 1. The van der Waals surface area contributed by atoms with Crippen LogP contribution in [0.5, 0.6) is 0 Å². The normalized spacial score (nSPS) is 16.7. The Morgan fingerprint density at radius 1 is 0.886 bits per heavy atom. The SMILES string of the molecule is CCC(=O)NCC(=O)C[C@H](C(=O)N[C@@H](CCCCC(N)=O)C(=O)Cc1ccc(C[C@@H](C[C@H](C)C(=O)O)NC(=O)c2csc([C@@H](C[C@H](C(C)C)N(C)C(=O)[C@@H](CC(=O)[C@H]3CCCCN3C)[C@@H](C)CC)OC(=O)NC)n2)cc1)C(C)C. The number of hydrogen-bond acceptors (Lipinski definition) is 14. The lowest BCUT2D eigenvalue weighted by atomic mass is 9.83. The molecular weight excluding hydrogens is 1030 g/mol. The number of likely N-dealkylation sites (tertiary alicyclic amines) is 1. The quantitative estimate of drug-likeness (QED) is 0.0409. The van der Waals surface area contributed by atoms with E-state index in [9.17, 15) is 53.1 Å². The number of nitrogens with two attached hydrogens (primary N) is 1. The molecule has 20 nitrogen and oxygen atoms in total. The summed E-state index contributed by atoms with van der Waals surface area (Å²) in [5.74, 6) is -6.20. The molecule has 0 aliphatic carbocycles. The number of ether oxygens (including phenoxy) is 1. The molecule has 1 aromatic heterocycles. The number of rotatable bonds is 35. The predicted molar refractivity (Wildman–Crippen MR) is 302 cm³/mol. The number of likely N-dealkylation sites (N-methyl/N-ethyl adjacent to an activating group) is 1. The number of benzene rings is 1. The number of hydrogen-bond donors (Lipinski definition) is 6. The second-order valence-corrected chi connectivity index (χ2v) is 23.1. The van der Waals surface area contributed by atoms with E-state index >= 15 is 0 Å². The van der Waals surface area contributed by atoms with Crippen LogP contribution in [0.3, 0.4) is 0 Å². The topological polar surface area (TPSA) is 294 Å². The molecule has 0 unspecified atom stereocenters. The number of aliphatic carboxylic acids is 1. The molecule has 440 valence electrons. The Balaban J connectivity index is 1.82. The smallest absolute Gasteiger partial charge is 0.407 e. The van der Waals surface area contributed by atoms with Gasteiger partial charge in [0.1, 0.15) is 10.7 Å². The fourth-order valence-corrected chi connectivity index (χ4v) is 10.8. The minimum absolute atomic E-state index is 0.0176. The second kappa shape index (κ2) is 33.5. The Bertz CT molecular complexity index is 2380. The van der Waals surface area contributed by atoms with Gasteiger partial charge in [0, 0.05) is 81.9 Å². The minimum atomic E-state index is -1.05. The lowest BCUT2D eigenvalue weighted by Crippen LogP contribution is -2.48. The Morgan fingerprint density at radius 3 is 2.14 bits per heavy atom. The van der Waals surface area contributed by atoms with Crippen molar-refractivity contribution in [1.29, 1.82) is 0 Å². The highest BCUT2D eigenvalue weighted by Gasteiger charge is 2.38. The monoisotopic (exact) mass is 1120 g/mol. The molecule has 1 aliphatic heterocycles. The van der Waals surface area contributed by atoms with Crippen LogP contribution in [0.4, 0.5) is 4.79 Å². The van der Waals surface area contributed by atoms with Crippen LogP contribution in [0.2, 0.25) is 0 Å². The summed E-state index contributed by atoms with van der Waals surface area (Å²) in [6.45, 7) is 15.4. The lowest BCUT2D eigenvalue weighted by molar-refractivity contribution is -0.143. The summed E-state index contributed by atoms with van der Waals surface area (Å²) < 4.78 is 5.88. The highest BCUT2D eigenvalue weighted by molar-refractivity contribution is 7.09. The minimum Gasteiger partial charge on any atom is -0.481 e. The van der Waals surface area contributed by atoms with Crippen molar-refractivity contribution >= 4 is 70.3 Å². The number of nitrogens with zero attached hydrogens (tertiary/aromatic N) is 3. The fraction of sp³-hybridized carbons (Fsp3) is 0.672. The number of aromatic nitrogens is 1. The summed E-state index contributed by atoms with van der Waals surface area (Å²) in [4.78, 5) is 139. The number of amides is 6. The number of alkyl carbamates (subject to hydrolysis) is 1. The van der Waals surface area contributed by atoms with Gasteiger partial charge in [-0.15, -0.1) is 11.3 Å². The molecule has 1 saturated heterocycles. The number of carboxylic acid groups (broad SMARTS) is 1. The van der Waals surface area contributed by atoms with E-state index in [1.54, 1.807) is 63.9 Å². The van der Waals surface area contributed by atoms with Gasteiger partial charge in [0.05, 0.1) is 24.5 Å². The van der Waals surface area contributed by atoms with Gasteiger partial charge in [0.2, 0.25) is 23.6 Å². The molecule has 7 N–H and O–H groups in total. The van der Waals surface area contributed by atoms with Gasteiger partial charge in [-0.1, -0.05) is 98.9 Å². The van der Waals surface area contributed by atoms with Crippen molar-refractivity contribution < 1.29 is 57.8 Å². The molecule has 1 aromatic carbocycles. The van der Waals surface area contributed by atoms with E-state index in [1.807, 2.05) is 34.7 Å². The first-order chi connectivity index (χ1) is 37.3. The number of primary amides is 1. The van der Waals surface area contributed by atoms with E-state index in [-0.39, 0.29) is 123 Å². The van der Waals surface area contributed by atoms with E-state index in [0.717, 1.165) is 42.7 Å². The molecule has 0 spiro atoms. The molecule has 79 heavy (non-hydrogen) atoms. The zero-order valence-corrected chi connectivity index (χ0v) is 49.3. The zero-order valence-electron chi connectivity index (χ0n) is 48.5. The number of carbonyl (C=O) groups is 10. The standard InChI is InChI=1S/C58H90N8O12S/c1-12-36(7)43(30-49(69)46-19-16-17-25-65(46)10)56(74)66(11)47(35(5)6)31-50(78-58(77)60-9)55-64-45(33-79-55)54(73)62-40(26-37(8)57(75)76)27-38-21-23-39(24-22-38)28-48(68)44(18-14-15-20-51(59)70)63-53(72)42(34(3)4)29-41(67)32-61-52(71)13-2/h21-24,33-37,40,42-44,46-47,50H,12-20,25-32H2,1-11H3,(H2,59,70)(H,60,77)(H,61,71)(H,62,73)(H,63,72)(H,75,76)/t36-,37-,40+,42-,43-,44-,46+,47+,50+/m0/s1. The summed E-state index contributed by atoms with van der Waals surface area (Å²) in [5, 5.41) is 22.6. The first kappa shape index (κ1) is 67.2. The van der Waals surface area contributed by atoms with Gasteiger partial charge in [0.25, 0.3) is 5.91 Å². The molecule has 0 radical (unpaired) electrons. The van der Waals surface area contributed by atoms with Crippen LogP contribution in [-0.2, 0) is 55.9 Å². The molecule has 9 atom stereocenters. The number of unbranched alkanes of at least 4 members (excludes halogenated alkanes) is 1. The van der Waals surface area contributed by atoms with E-state index < -0.39 is 71.8 Å². The van der Waals surface area contributed by atoms with Crippen LogP contribution in [0, 0.1) is 35.5 Å². The van der Waals surface area contributed by atoms with Crippen LogP contribution in [-0.4, -0.2) is 137 Å². The Labute approximate surface area is 471 Å². The summed E-state index contributed by atoms with van der Waals surface area (Å²) in [7, 11) is 5.10. The van der Waals surface area contributed by atoms with E-state index in [1.165, 1.54) is 12.4 Å². The van der Waals surface area contributed by atoms with Crippen LogP contribution in [0.1, 0.15) is 172 Å². The third-order valence-electron chi connectivity index (χ3n) is 15.3. The van der Waals surface area contributed by atoms with Crippen LogP contribution < -0.4 is 27.0 Å². The van der Waals surface area contributed by atoms with Crippen molar-refractivity contribution in [3.63, 3.8) is 0 Å². The first-order valence-electron chi connectivity index (χ1n) is 28.1. The van der Waals surface area contributed by atoms with Crippen molar-refractivity contribution in [2.75, 3.05) is 34.2 Å². The van der Waals surface area contributed by atoms with Gasteiger partial charge in [-0.05, 0) is 81.0 Å². The average molecular weight is 1120 g/mol. The molecule has 0 bridgehead atoms. The molecule has 6 amide bonds. The third kappa shape index (κ3) is 22.2. The Hall–Kier alpha value is -6.09. The molecule has 3 rings (SSSR count). The number of nitrogens with one attached hydrogen (secondary N) is 4. The summed E-state index contributed by atoms with van der Waals surface area (Å²) in [6.07, 6.45) is 3.48. The highest BCUT2D eigenvalue weighted by Crippen LogP contribution is 2.33. The average Bonchev–Trinajstić information content (AvgIpc) is 3.91. The Kier molecular flexibility index (Phi) is 28.5. The van der Waals surface area contributed by atoms with Crippen LogP contribution in [0.25, 0.3) is 0 Å². The maximum absolute atomic E-state index is 14.5. The van der Waals surface area contributed by atoms with E-state index in [0.29, 0.717) is 29.8 Å². The maximum atomic E-state index is 14.5.